The Hall–Kier alpha value is -1.35. The van der Waals surface area contributed by atoms with Gasteiger partial charge in [0.05, 0.1) is 0 Å². The van der Waals surface area contributed by atoms with Crippen molar-refractivity contribution in [2.75, 3.05) is 19.8 Å². The molecule has 1 aliphatic heterocycles. The van der Waals surface area contributed by atoms with E-state index in [4.69, 9.17) is 4.74 Å². The highest BCUT2D eigenvalue weighted by atomic mass is 16.5. The zero-order valence-corrected chi connectivity index (χ0v) is 12.4. The molecule has 0 spiro atoms. The third-order valence-corrected chi connectivity index (χ3v) is 3.98. The first-order valence-electron chi connectivity index (χ1n) is 7.64. The lowest BCUT2D eigenvalue weighted by Crippen LogP contribution is -2.27. The number of ether oxygens (including phenoxy) is 1. The van der Waals surface area contributed by atoms with Gasteiger partial charge in [-0.25, -0.2) is 0 Å². The molecule has 0 aromatic heterocycles. The van der Waals surface area contributed by atoms with Crippen LogP contribution in [0.3, 0.4) is 0 Å². The Labute approximate surface area is 121 Å². The maximum Gasteiger partial charge on any atom is 0.220 e. The van der Waals surface area contributed by atoms with E-state index in [0.717, 1.165) is 51.4 Å². The van der Waals surface area contributed by atoms with E-state index in [1.54, 1.807) is 0 Å². The monoisotopic (exact) mass is 275 g/mol. The van der Waals surface area contributed by atoms with Crippen molar-refractivity contribution in [2.24, 2.45) is 5.92 Å². The van der Waals surface area contributed by atoms with E-state index in [1.165, 1.54) is 11.1 Å². The number of nitrogens with one attached hydrogen (secondary N) is 1. The molecule has 3 nitrogen and oxygen atoms in total. The van der Waals surface area contributed by atoms with E-state index in [0.29, 0.717) is 6.42 Å². The van der Waals surface area contributed by atoms with Crippen molar-refractivity contribution in [3.63, 3.8) is 0 Å². The molecule has 0 bridgehead atoms. The zero-order valence-electron chi connectivity index (χ0n) is 12.4. The summed E-state index contributed by atoms with van der Waals surface area (Å²) in [5.41, 5.74) is 2.49. The number of carbonyl (C=O) groups is 1. The highest BCUT2D eigenvalue weighted by Crippen LogP contribution is 2.17. The van der Waals surface area contributed by atoms with Gasteiger partial charge in [-0.1, -0.05) is 29.8 Å². The fourth-order valence-corrected chi connectivity index (χ4v) is 2.55. The van der Waals surface area contributed by atoms with Gasteiger partial charge >= 0.3 is 0 Å². The molecule has 1 N–H and O–H groups in total. The van der Waals surface area contributed by atoms with Gasteiger partial charge in [-0.2, -0.15) is 0 Å². The van der Waals surface area contributed by atoms with Crippen LogP contribution in [0.25, 0.3) is 0 Å². The summed E-state index contributed by atoms with van der Waals surface area (Å²) in [7, 11) is 0. The van der Waals surface area contributed by atoms with Gasteiger partial charge in [-0.15, -0.1) is 0 Å². The van der Waals surface area contributed by atoms with Gasteiger partial charge < -0.3 is 10.1 Å². The second-order valence-electron chi connectivity index (χ2n) is 5.68. The Morgan fingerprint density at radius 3 is 2.65 bits per heavy atom. The molecule has 1 saturated heterocycles. The van der Waals surface area contributed by atoms with E-state index in [2.05, 4.69) is 36.5 Å². The maximum absolute atomic E-state index is 11.8. The minimum Gasteiger partial charge on any atom is -0.381 e. The Morgan fingerprint density at radius 1 is 1.25 bits per heavy atom. The zero-order chi connectivity index (χ0) is 14.2. The molecule has 110 valence electrons. The standard InChI is InChI=1S/C17H25NO2/c1-14-2-4-15(5-3-14)6-7-17(19)18-11-8-16-9-12-20-13-10-16/h2-5,16H,6-13H2,1H3,(H,18,19). The third-order valence-electron chi connectivity index (χ3n) is 3.98. The van der Waals surface area contributed by atoms with Gasteiger partial charge in [0.25, 0.3) is 0 Å². The van der Waals surface area contributed by atoms with Crippen LogP contribution in [0, 0.1) is 12.8 Å². The number of rotatable bonds is 6. The molecule has 0 unspecified atom stereocenters. The van der Waals surface area contributed by atoms with Crippen LogP contribution >= 0.6 is 0 Å². The third kappa shape index (κ3) is 5.33. The summed E-state index contributed by atoms with van der Waals surface area (Å²) in [5, 5.41) is 3.03. The lowest BCUT2D eigenvalue weighted by molar-refractivity contribution is -0.121. The molecule has 3 heteroatoms. The first-order chi connectivity index (χ1) is 9.74. The minimum atomic E-state index is 0.164. The van der Waals surface area contributed by atoms with Gasteiger partial charge in [-0.05, 0) is 44.1 Å². The van der Waals surface area contributed by atoms with Crippen molar-refractivity contribution in [3.8, 4) is 0 Å². The fraction of sp³-hybridized carbons (Fsp3) is 0.588. The van der Waals surface area contributed by atoms with E-state index >= 15 is 0 Å². The first-order valence-corrected chi connectivity index (χ1v) is 7.64. The molecule has 20 heavy (non-hydrogen) atoms. The number of amides is 1. The van der Waals surface area contributed by atoms with Crippen molar-refractivity contribution in [1.29, 1.82) is 0 Å². The average molecular weight is 275 g/mol. The molecule has 0 atom stereocenters. The molecule has 0 radical (unpaired) electrons. The normalized spacial score (nSPS) is 16.1. The molecule has 0 saturated carbocycles. The van der Waals surface area contributed by atoms with Crippen LogP contribution in [0.4, 0.5) is 0 Å². The fourth-order valence-electron chi connectivity index (χ4n) is 2.55. The maximum atomic E-state index is 11.8. The van der Waals surface area contributed by atoms with E-state index in [9.17, 15) is 4.79 Å². The largest absolute Gasteiger partial charge is 0.381 e. The summed E-state index contributed by atoms with van der Waals surface area (Å²) >= 11 is 0. The summed E-state index contributed by atoms with van der Waals surface area (Å²) < 4.78 is 5.34. The van der Waals surface area contributed by atoms with Crippen molar-refractivity contribution in [3.05, 3.63) is 35.4 Å². The molecule has 1 aromatic carbocycles. The quantitative estimate of drug-likeness (QED) is 0.867. The molecular weight excluding hydrogens is 250 g/mol. The highest BCUT2D eigenvalue weighted by molar-refractivity contribution is 5.76. The predicted molar refractivity (Wildman–Crippen MR) is 80.7 cm³/mol. The van der Waals surface area contributed by atoms with Crippen LogP contribution < -0.4 is 5.32 Å². The number of hydrogen-bond donors (Lipinski definition) is 1. The van der Waals surface area contributed by atoms with Crippen molar-refractivity contribution in [2.45, 2.75) is 39.0 Å². The minimum absolute atomic E-state index is 0.164. The molecule has 0 aliphatic carbocycles. The number of benzene rings is 1. The van der Waals surface area contributed by atoms with E-state index in [1.807, 2.05) is 0 Å². The topological polar surface area (TPSA) is 38.3 Å². The number of carbonyl (C=O) groups excluding carboxylic acids is 1. The SMILES string of the molecule is Cc1ccc(CCC(=O)NCCC2CCOCC2)cc1. The lowest BCUT2D eigenvalue weighted by Gasteiger charge is -2.21. The molecule has 1 amide bonds. The van der Waals surface area contributed by atoms with Gasteiger partial charge in [0, 0.05) is 26.2 Å². The van der Waals surface area contributed by atoms with Crippen LogP contribution in [0.2, 0.25) is 0 Å². The Balaban J connectivity index is 1.59. The van der Waals surface area contributed by atoms with Crippen LogP contribution in [0.5, 0.6) is 0 Å². The second-order valence-corrected chi connectivity index (χ2v) is 5.68. The van der Waals surface area contributed by atoms with Gasteiger partial charge in [-0.3, -0.25) is 4.79 Å². The highest BCUT2D eigenvalue weighted by Gasteiger charge is 2.13. The summed E-state index contributed by atoms with van der Waals surface area (Å²) in [6.45, 7) is 4.64. The Morgan fingerprint density at radius 2 is 1.95 bits per heavy atom. The number of aryl methyl sites for hydroxylation is 2. The van der Waals surface area contributed by atoms with Gasteiger partial charge in [0.2, 0.25) is 5.91 Å². The van der Waals surface area contributed by atoms with Crippen LogP contribution in [-0.4, -0.2) is 25.7 Å². The molecule has 2 rings (SSSR count). The average Bonchev–Trinajstić information content (AvgIpc) is 2.48. The lowest BCUT2D eigenvalue weighted by atomic mass is 9.97. The van der Waals surface area contributed by atoms with E-state index < -0.39 is 0 Å². The summed E-state index contributed by atoms with van der Waals surface area (Å²) in [6, 6.07) is 8.39. The molecule has 1 fully saturated rings. The van der Waals surface area contributed by atoms with Crippen molar-refractivity contribution >= 4 is 5.91 Å². The van der Waals surface area contributed by atoms with Crippen LogP contribution in [0.15, 0.2) is 24.3 Å². The van der Waals surface area contributed by atoms with Crippen LogP contribution in [-0.2, 0) is 16.0 Å². The smallest absolute Gasteiger partial charge is 0.220 e. The first kappa shape index (κ1) is 15.0. The summed E-state index contributed by atoms with van der Waals surface area (Å²) in [4.78, 5) is 11.8. The van der Waals surface area contributed by atoms with Crippen molar-refractivity contribution in [1.82, 2.24) is 5.32 Å². The summed E-state index contributed by atoms with van der Waals surface area (Å²) in [6.07, 6.45) is 4.76. The Bertz CT molecular complexity index is 408. The molecular formula is C17H25NO2. The predicted octanol–water partition coefficient (Wildman–Crippen LogP) is 2.86. The van der Waals surface area contributed by atoms with Gasteiger partial charge in [0.15, 0.2) is 0 Å². The van der Waals surface area contributed by atoms with Crippen molar-refractivity contribution < 1.29 is 9.53 Å². The molecule has 1 aliphatic rings. The summed E-state index contributed by atoms with van der Waals surface area (Å²) in [5.74, 6) is 0.888. The van der Waals surface area contributed by atoms with E-state index in [-0.39, 0.29) is 5.91 Å². The number of hydrogen-bond acceptors (Lipinski definition) is 2. The Kier molecular flexibility index (Phi) is 6.06. The molecule has 1 heterocycles. The van der Waals surface area contributed by atoms with Crippen LogP contribution in [0.1, 0.15) is 36.8 Å². The molecule has 1 aromatic rings. The van der Waals surface area contributed by atoms with Gasteiger partial charge in [0.1, 0.15) is 0 Å². The second kappa shape index (κ2) is 8.05.